The Bertz CT molecular complexity index is 746. The number of rotatable bonds is 4. The maximum Gasteiger partial charge on any atom is 0.158 e. The summed E-state index contributed by atoms with van der Waals surface area (Å²) in [7, 11) is -3.33. The third kappa shape index (κ3) is 3.83. The summed E-state index contributed by atoms with van der Waals surface area (Å²) in [5.41, 5.74) is 1.61. The Kier molecular flexibility index (Phi) is 4.43. The van der Waals surface area contributed by atoms with Crippen LogP contribution in [0.2, 0.25) is 5.02 Å². The Morgan fingerprint density at radius 3 is 2.30 bits per heavy atom. The molecular formula is C15H12ClNO2S. The fraction of sp³-hybridized carbons (Fsp3) is 0.133. The largest absolute Gasteiger partial charge is 0.228 e. The molecule has 0 heterocycles. The van der Waals surface area contributed by atoms with Crippen molar-refractivity contribution in [3.05, 3.63) is 70.2 Å². The van der Waals surface area contributed by atoms with Gasteiger partial charge in [0.25, 0.3) is 0 Å². The van der Waals surface area contributed by atoms with Crippen molar-refractivity contribution in [2.24, 2.45) is 0 Å². The summed E-state index contributed by atoms with van der Waals surface area (Å²) >= 11 is 5.77. The highest BCUT2D eigenvalue weighted by Gasteiger charge is 2.15. The minimum atomic E-state index is -3.33. The molecule has 102 valence electrons. The lowest BCUT2D eigenvalue weighted by Crippen LogP contribution is -2.08. The Morgan fingerprint density at radius 1 is 1.00 bits per heavy atom. The van der Waals surface area contributed by atoms with Crippen molar-refractivity contribution in [3.63, 3.8) is 0 Å². The molecule has 0 aromatic heterocycles. The van der Waals surface area contributed by atoms with Crippen molar-refractivity contribution >= 4 is 21.4 Å². The van der Waals surface area contributed by atoms with E-state index in [0.29, 0.717) is 21.7 Å². The molecule has 3 nitrogen and oxygen atoms in total. The average Bonchev–Trinajstić information content (AvgIpc) is 2.41. The van der Waals surface area contributed by atoms with Gasteiger partial charge in [-0.3, -0.25) is 0 Å². The molecule has 0 unspecified atom stereocenters. The summed E-state index contributed by atoms with van der Waals surface area (Å²) in [6.07, 6.45) is 0. The lowest BCUT2D eigenvalue weighted by Gasteiger charge is -2.06. The molecule has 0 radical (unpaired) electrons. The van der Waals surface area contributed by atoms with Gasteiger partial charge in [0.2, 0.25) is 0 Å². The first kappa shape index (κ1) is 14.6. The molecule has 2 aromatic rings. The highest BCUT2D eigenvalue weighted by molar-refractivity contribution is 7.89. The quantitative estimate of drug-likeness (QED) is 0.870. The van der Waals surface area contributed by atoms with E-state index >= 15 is 0 Å². The molecule has 0 bridgehead atoms. The Labute approximate surface area is 123 Å². The lowest BCUT2D eigenvalue weighted by molar-refractivity contribution is 0.594. The van der Waals surface area contributed by atoms with Crippen molar-refractivity contribution in [2.75, 3.05) is 0 Å². The number of hydrogen-bond donors (Lipinski definition) is 0. The summed E-state index contributed by atoms with van der Waals surface area (Å²) in [5.74, 6) is -0.205. The monoisotopic (exact) mass is 305 g/mol. The minimum absolute atomic E-state index is 0.0655. The van der Waals surface area contributed by atoms with Gasteiger partial charge in [-0.1, -0.05) is 41.9 Å². The molecule has 0 spiro atoms. The highest BCUT2D eigenvalue weighted by atomic mass is 35.5. The first-order valence-electron chi connectivity index (χ1n) is 5.93. The third-order valence-electron chi connectivity index (χ3n) is 2.81. The van der Waals surface area contributed by atoms with Crippen molar-refractivity contribution in [1.29, 1.82) is 5.26 Å². The van der Waals surface area contributed by atoms with E-state index in [1.807, 2.05) is 6.07 Å². The second-order valence-corrected chi connectivity index (χ2v) is 6.93. The molecule has 20 heavy (non-hydrogen) atoms. The van der Waals surface area contributed by atoms with Crippen LogP contribution in [-0.4, -0.2) is 8.42 Å². The molecule has 0 aliphatic rings. The normalized spacial score (nSPS) is 11.0. The van der Waals surface area contributed by atoms with Gasteiger partial charge < -0.3 is 0 Å². The van der Waals surface area contributed by atoms with E-state index < -0.39 is 9.84 Å². The Hall–Kier alpha value is -1.83. The van der Waals surface area contributed by atoms with Gasteiger partial charge in [-0.15, -0.1) is 0 Å². The van der Waals surface area contributed by atoms with E-state index in [2.05, 4.69) is 0 Å². The fourth-order valence-electron chi connectivity index (χ4n) is 1.88. The van der Waals surface area contributed by atoms with E-state index in [0.717, 1.165) is 0 Å². The zero-order valence-electron chi connectivity index (χ0n) is 10.6. The van der Waals surface area contributed by atoms with E-state index in [-0.39, 0.29) is 11.5 Å². The van der Waals surface area contributed by atoms with Gasteiger partial charge in [0, 0.05) is 5.02 Å². The first-order chi connectivity index (χ1) is 9.50. The van der Waals surface area contributed by atoms with Gasteiger partial charge in [-0.25, -0.2) is 8.42 Å². The molecule has 2 rings (SSSR count). The molecule has 2 aromatic carbocycles. The van der Waals surface area contributed by atoms with E-state index in [4.69, 9.17) is 16.9 Å². The molecule has 0 atom stereocenters. The van der Waals surface area contributed by atoms with Crippen LogP contribution < -0.4 is 0 Å². The molecule has 0 fully saturated rings. The SMILES string of the molecule is N#Cc1ccccc1CS(=O)(=O)Cc1ccc(Cl)cc1. The average molecular weight is 306 g/mol. The Morgan fingerprint density at radius 2 is 1.65 bits per heavy atom. The number of sulfone groups is 1. The predicted molar refractivity (Wildman–Crippen MR) is 78.9 cm³/mol. The van der Waals surface area contributed by atoms with Crippen LogP contribution in [0.1, 0.15) is 16.7 Å². The van der Waals surface area contributed by atoms with Crippen LogP contribution in [0.3, 0.4) is 0 Å². The number of hydrogen-bond acceptors (Lipinski definition) is 3. The number of halogens is 1. The molecule has 0 aliphatic carbocycles. The van der Waals surface area contributed by atoms with Crippen LogP contribution in [0.15, 0.2) is 48.5 Å². The van der Waals surface area contributed by atoms with E-state index in [9.17, 15) is 8.42 Å². The zero-order valence-corrected chi connectivity index (χ0v) is 12.2. The highest BCUT2D eigenvalue weighted by Crippen LogP contribution is 2.17. The van der Waals surface area contributed by atoms with Gasteiger partial charge in [0.15, 0.2) is 9.84 Å². The first-order valence-corrected chi connectivity index (χ1v) is 8.13. The maximum absolute atomic E-state index is 12.2. The number of nitriles is 1. The number of benzene rings is 2. The van der Waals surface area contributed by atoms with Crippen molar-refractivity contribution < 1.29 is 8.42 Å². The second-order valence-electron chi connectivity index (χ2n) is 4.43. The van der Waals surface area contributed by atoms with Crippen molar-refractivity contribution in [2.45, 2.75) is 11.5 Å². The van der Waals surface area contributed by atoms with Crippen LogP contribution in [0.5, 0.6) is 0 Å². The van der Waals surface area contributed by atoms with E-state index in [1.54, 1.807) is 48.5 Å². The smallest absolute Gasteiger partial charge is 0.158 e. The Balaban J connectivity index is 2.19. The van der Waals surface area contributed by atoms with Crippen molar-refractivity contribution in [1.82, 2.24) is 0 Å². The van der Waals surface area contributed by atoms with Gasteiger partial charge in [0.05, 0.1) is 23.1 Å². The molecule has 0 saturated heterocycles. The predicted octanol–water partition coefficient (Wildman–Crippen LogP) is 3.33. The summed E-state index contributed by atoms with van der Waals surface area (Å²) < 4.78 is 24.4. The molecule has 0 saturated carbocycles. The second kappa shape index (κ2) is 6.08. The zero-order chi connectivity index (χ0) is 14.6. The minimum Gasteiger partial charge on any atom is -0.228 e. The van der Waals surface area contributed by atoms with Crippen molar-refractivity contribution in [3.8, 4) is 6.07 Å². The van der Waals surface area contributed by atoms with Crippen LogP contribution in [-0.2, 0) is 21.3 Å². The number of nitrogens with zero attached hydrogens (tertiary/aromatic N) is 1. The van der Waals surface area contributed by atoms with Crippen LogP contribution in [0, 0.1) is 11.3 Å². The van der Waals surface area contributed by atoms with Gasteiger partial charge >= 0.3 is 0 Å². The van der Waals surface area contributed by atoms with Gasteiger partial charge in [-0.05, 0) is 29.3 Å². The van der Waals surface area contributed by atoms with Crippen LogP contribution >= 0.6 is 11.6 Å². The summed E-state index contributed by atoms with van der Waals surface area (Å²) in [5, 5.41) is 9.55. The molecule has 0 aliphatic heterocycles. The van der Waals surface area contributed by atoms with Gasteiger partial charge in [-0.2, -0.15) is 5.26 Å². The summed E-state index contributed by atoms with van der Waals surface area (Å²) in [6.45, 7) is 0. The van der Waals surface area contributed by atoms with E-state index in [1.165, 1.54) is 0 Å². The third-order valence-corrected chi connectivity index (χ3v) is 4.59. The standard InChI is InChI=1S/C15H12ClNO2S/c16-15-7-5-12(6-8-15)10-20(18,19)11-14-4-2-1-3-13(14)9-17/h1-8H,10-11H2. The summed E-state index contributed by atoms with van der Waals surface area (Å²) in [4.78, 5) is 0. The molecule has 5 heteroatoms. The summed E-state index contributed by atoms with van der Waals surface area (Å²) in [6, 6.07) is 15.4. The van der Waals surface area contributed by atoms with Crippen LogP contribution in [0.4, 0.5) is 0 Å². The lowest BCUT2D eigenvalue weighted by atomic mass is 10.1. The molecular weight excluding hydrogens is 294 g/mol. The van der Waals surface area contributed by atoms with Gasteiger partial charge in [0.1, 0.15) is 0 Å². The fourth-order valence-corrected chi connectivity index (χ4v) is 3.53. The molecule has 0 amide bonds. The van der Waals surface area contributed by atoms with Crippen LogP contribution in [0.25, 0.3) is 0 Å². The molecule has 0 N–H and O–H groups in total. The maximum atomic E-state index is 12.2. The topological polar surface area (TPSA) is 57.9 Å².